The molecule has 0 aliphatic rings. The van der Waals surface area contributed by atoms with Crippen molar-refractivity contribution in [3.05, 3.63) is 107 Å². The summed E-state index contributed by atoms with van der Waals surface area (Å²) in [5.74, 6) is -0.613. The Morgan fingerprint density at radius 2 is 1.16 bits per heavy atom. The van der Waals surface area contributed by atoms with E-state index in [0.29, 0.717) is 11.3 Å². The second-order valence-electron chi connectivity index (χ2n) is 8.88. The molecule has 0 unspecified atom stereocenters. The molecule has 0 bridgehead atoms. The molecule has 2 heterocycles. The topological polar surface area (TPSA) is 110 Å². The smallest absolute Gasteiger partial charge is 0.423 e. The lowest BCUT2D eigenvalue weighted by molar-refractivity contribution is -0.137. The number of hydrogen-bond donors (Lipinski definition) is 2. The number of benzene rings is 2. The van der Waals surface area contributed by atoms with Crippen LogP contribution in [0.1, 0.15) is 22.3 Å². The average Bonchev–Trinajstić information content (AvgIpc) is 2.94. The van der Waals surface area contributed by atoms with Crippen molar-refractivity contribution >= 4 is 22.7 Å². The molecule has 18 heteroatoms. The Labute approximate surface area is 251 Å². The summed E-state index contributed by atoms with van der Waals surface area (Å²) in [6.07, 6.45) is -6.16. The molecule has 4 aromatic rings. The standard InChI is InChI=1S/C13H10F3N.C7H6BF3O2.C7H6F3NO3S/c1-9-6-7-12(17-8-9)10-4-2-3-5-11(10)13(14,15)16;9-7(10,11)5-3-1-2-4-6(5)8(12)13;1-5-2-3-6(11-4-5)14-15(12,13)7(8,9)10/h2-8H,1H3;1-4,12-13H;2-4H,1H3. The number of hydrogen-bond acceptors (Lipinski definition) is 7. The molecule has 7 nitrogen and oxygen atoms in total. The first kappa shape index (κ1) is 37.0. The van der Waals surface area contributed by atoms with Gasteiger partial charge >= 0.3 is 35.1 Å². The van der Waals surface area contributed by atoms with Gasteiger partial charge < -0.3 is 14.2 Å². The lowest BCUT2D eigenvalue weighted by atomic mass is 9.77. The number of halogens is 9. The molecule has 45 heavy (non-hydrogen) atoms. The predicted molar refractivity (Wildman–Crippen MR) is 145 cm³/mol. The molecule has 0 atom stereocenters. The Bertz CT molecular complexity index is 1650. The Morgan fingerprint density at radius 3 is 1.58 bits per heavy atom. The first-order valence-electron chi connectivity index (χ1n) is 12.2. The maximum Gasteiger partial charge on any atom is 0.534 e. The summed E-state index contributed by atoms with van der Waals surface area (Å²) in [5, 5.41) is 17.2. The minimum atomic E-state index is -5.63. The summed E-state index contributed by atoms with van der Waals surface area (Å²) in [4.78, 5) is 7.40. The fourth-order valence-electron chi connectivity index (χ4n) is 3.22. The third-order valence-electron chi connectivity index (χ3n) is 5.33. The average molecular weight is 668 g/mol. The highest BCUT2D eigenvalue weighted by Gasteiger charge is 2.48. The quantitative estimate of drug-likeness (QED) is 0.118. The van der Waals surface area contributed by atoms with Gasteiger partial charge in [0, 0.05) is 24.0 Å². The number of rotatable bonds is 4. The normalized spacial score (nSPS) is 11.8. The lowest BCUT2D eigenvalue weighted by Crippen LogP contribution is -2.35. The van der Waals surface area contributed by atoms with Crippen molar-refractivity contribution in [3.63, 3.8) is 0 Å². The molecule has 2 aromatic carbocycles. The highest BCUT2D eigenvalue weighted by molar-refractivity contribution is 7.87. The van der Waals surface area contributed by atoms with Crippen molar-refractivity contribution in [1.29, 1.82) is 0 Å². The van der Waals surface area contributed by atoms with E-state index in [9.17, 15) is 47.9 Å². The first-order chi connectivity index (χ1) is 20.6. The van der Waals surface area contributed by atoms with Gasteiger partial charge in [0.25, 0.3) is 0 Å². The van der Waals surface area contributed by atoms with E-state index in [2.05, 4.69) is 14.2 Å². The minimum absolute atomic E-state index is 0.111. The van der Waals surface area contributed by atoms with Crippen LogP contribution < -0.4 is 9.65 Å². The van der Waals surface area contributed by atoms with Gasteiger partial charge in [0.15, 0.2) is 0 Å². The van der Waals surface area contributed by atoms with Gasteiger partial charge in [-0.3, -0.25) is 4.98 Å². The van der Waals surface area contributed by atoms with Gasteiger partial charge in [0.1, 0.15) is 0 Å². The molecule has 0 saturated heterocycles. The van der Waals surface area contributed by atoms with Gasteiger partial charge in [-0.1, -0.05) is 54.6 Å². The van der Waals surface area contributed by atoms with Crippen LogP contribution in [0.3, 0.4) is 0 Å². The monoisotopic (exact) mass is 668 g/mol. The summed E-state index contributed by atoms with van der Waals surface area (Å²) in [7, 11) is -7.73. The van der Waals surface area contributed by atoms with Crippen molar-refractivity contribution in [1.82, 2.24) is 9.97 Å². The molecule has 0 aliphatic heterocycles. The third-order valence-corrected chi connectivity index (χ3v) is 6.28. The number of aryl methyl sites for hydroxylation is 2. The zero-order valence-corrected chi connectivity index (χ0v) is 23.8. The fourth-order valence-corrected chi connectivity index (χ4v) is 3.64. The van der Waals surface area contributed by atoms with Crippen molar-refractivity contribution in [2.75, 3.05) is 0 Å². The minimum Gasteiger partial charge on any atom is -0.423 e. The largest absolute Gasteiger partial charge is 0.534 e. The van der Waals surface area contributed by atoms with E-state index in [0.717, 1.165) is 29.8 Å². The maximum absolute atomic E-state index is 12.8. The summed E-state index contributed by atoms with van der Waals surface area (Å²) in [6, 6.07) is 15.5. The van der Waals surface area contributed by atoms with Crippen molar-refractivity contribution in [2.45, 2.75) is 31.7 Å². The lowest BCUT2D eigenvalue weighted by Gasteiger charge is -2.12. The molecule has 0 saturated carbocycles. The first-order valence-corrected chi connectivity index (χ1v) is 13.6. The van der Waals surface area contributed by atoms with Crippen LogP contribution in [0.5, 0.6) is 5.88 Å². The molecule has 0 radical (unpaired) electrons. The highest BCUT2D eigenvalue weighted by Crippen LogP contribution is 2.36. The van der Waals surface area contributed by atoms with Crippen LogP contribution in [0.2, 0.25) is 0 Å². The number of pyridine rings is 2. The van der Waals surface area contributed by atoms with E-state index in [-0.39, 0.29) is 5.56 Å². The van der Waals surface area contributed by atoms with Crippen LogP contribution >= 0.6 is 0 Å². The van der Waals surface area contributed by atoms with E-state index in [1.165, 1.54) is 36.5 Å². The number of nitrogens with zero attached hydrogens (tertiary/aromatic N) is 2. The summed E-state index contributed by atoms with van der Waals surface area (Å²) in [5.41, 5.74) is -5.62. The van der Waals surface area contributed by atoms with Gasteiger partial charge in [-0.2, -0.15) is 47.9 Å². The Balaban J connectivity index is 0.000000238. The highest BCUT2D eigenvalue weighted by atomic mass is 32.2. The number of aromatic nitrogens is 2. The second kappa shape index (κ2) is 14.7. The van der Waals surface area contributed by atoms with Crippen molar-refractivity contribution in [2.24, 2.45) is 0 Å². The second-order valence-corrected chi connectivity index (χ2v) is 10.4. The number of alkyl halides is 9. The molecule has 0 aliphatic carbocycles. The van der Waals surface area contributed by atoms with Gasteiger partial charge in [-0.25, -0.2) is 4.98 Å². The molecule has 242 valence electrons. The van der Waals surface area contributed by atoms with Crippen LogP contribution in [0.4, 0.5) is 39.5 Å². The van der Waals surface area contributed by atoms with E-state index in [1.807, 2.05) is 6.92 Å². The summed E-state index contributed by atoms with van der Waals surface area (Å²) in [6.45, 7) is 3.49. The van der Waals surface area contributed by atoms with Crippen molar-refractivity contribution < 1.29 is 62.2 Å². The van der Waals surface area contributed by atoms with E-state index in [1.54, 1.807) is 31.3 Å². The molecule has 2 N–H and O–H groups in total. The van der Waals surface area contributed by atoms with E-state index in [4.69, 9.17) is 10.0 Å². The van der Waals surface area contributed by atoms with E-state index < -0.39 is 57.6 Å². The maximum atomic E-state index is 12.8. The Hall–Kier alpha value is -4.16. The van der Waals surface area contributed by atoms with Gasteiger partial charge in [-0.05, 0) is 42.6 Å². The molecule has 0 spiro atoms. The SMILES string of the molecule is Cc1ccc(-c2ccccc2C(F)(F)F)nc1.Cc1ccc(OS(=O)(=O)C(F)(F)F)nc1.OB(O)c1ccccc1C(F)(F)F. The zero-order valence-electron chi connectivity index (χ0n) is 23.0. The van der Waals surface area contributed by atoms with E-state index >= 15 is 0 Å². The van der Waals surface area contributed by atoms with Crippen LogP contribution in [0.25, 0.3) is 11.3 Å². The van der Waals surface area contributed by atoms with Crippen LogP contribution in [0.15, 0.2) is 85.2 Å². The van der Waals surface area contributed by atoms with Crippen LogP contribution in [0, 0.1) is 13.8 Å². The molecule has 0 amide bonds. The summed E-state index contributed by atoms with van der Waals surface area (Å²) < 4.78 is 135. The third kappa shape index (κ3) is 11.1. The molecule has 0 fully saturated rings. The van der Waals surface area contributed by atoms with Gasteiger partial charge in [0.2, 0.25) is 5.88 Å². The van der Waals surface area contributed by atoms with Gasteiger partial charge in [-0.15, -0.1) is 0 Å². The molecule has 2 aromatic heterocycles. The zero-order chi connectivity index (χ0) is 34.2. The molecule has 4 rings (SSSR count). The Morgan fingerprint density at radius 1 is 0.667 bits per heavy atom. The molecular formula is C27H22BF9N2O5S. The predicted octanol–water partition coefficient (Wildman–Crippen LogP) is 6.08. The summed E-state index contributed by atoms with van der Waals surface area (Å²) >= 11 is 0. The van der Waals surface area contributed by atoms with Gasteiger partial charge in [0.05, 0.1) is 16.8 Å². The fraction of sp³-hybridized carbons (Fsp3) is 0.185. The van der Waals surface area contributed by atoms with Crippen LogP contribution in [-0.4, -0.2) is 41.1 Å². The van der Waals surface area contributed by atoms with Crippen molar-refractivity contribution in [3.8, 4) is 17.1 Å². The Kier molecular flexibility index (Phi) is 12.1. The van der Waals surface area contributed by atoms with Crippen LogP contribution in [-0.2, 0) is 22.5 Å². The molecular weight excluding hydrogens is 646 g/mol.